The fraction of sp³-hybridized carbons (Fsp3) is 0.412. The first kappa shape index (κ1) is 12.2. The van der Waals surface area contributed by atoms with Gasteiger partial charge in [-0.3, -0.25) is 0 Å². The fourth-order valence-corrected chi connectivity index (χ4v) is 2.57. The standard InChI is InChI=1S/C17H22/c1-14(2)8-7-9-15(3)17(12-13-17)16-10-5-4-6-11-16/h4-6,10-11H,1,3,7-9,12-13H2,2H3. The van der Waals surface area contributed by atoms with Crippen molar-refractivity contribution in [2.45, 2.75) is 44.4 Å². The third-order valence-electron chi connectivity index (χ3n) is 3.84. The van der Waals surface area contributed by atoms with Crippen LogP contribution in [0.1, 0.15) is 44.6 Å². The quantitative estimate of drug-likeness (QED) is 0.597. The Morgan fingerprint density at radius 1 is 1.12 bits per heavy atom. The Morgan fingerprint density at radius 3 is 2.29 bits per heavy atom. The fourth-order valence-electron chi connectivity index (χ4n) is 2.57. The van der Waals surface area contributed by atoms with E-state index in [2.05, 4.69) is 50.4 Å². The number of rotatable bonds is 6. The van der Waals surface area contributed by atoms with E-state index in [-0.39, 0.29) is 0 Å². The third-order valence-corrected chi connectivity index (χ3v) is 3.84. The molecule has 1 saturated carbocycles. The normalized spacial score (nSPS) is 16.5. The molecule has 1 aliphatic rings. The molecule has 0 nitrogen and oxygen atoms in total. The predicted octanol–water partition coefficient (Wildman–Crippen LogP) is 5.02. The average molecular weight is 226 g/mol. The zero-order chi connectivity index (χ0) is 12.3. The first-order valence-corrected chi connectivity index (χ1v) is 6.53. The Morgan fingerprint density at radius 2 is 1.76 bits per heavy atom. The van der Waals surface area contributed by atoms with Gasteiger partial charge in [0.25, 0.3) is 0 Å². The maximum absolute atomic E-state index is 4.33. The van der Waals surface area contributed by atoms with E-state index >= 15 is 0 Å². The zero-order valence-corrected chi connectivity index (χ0v) is 10.8. The molecule has 1 aliphatic carbocycles. The SMILES string of the molecule is C=C(C)CCCC(=C)C1(c2ccccc2)CC1. The molecule has 1 aromatic rings. The van der Waals surface area contributed by atoms with Crippen molar-refractivity contribution in [2.75, 3.05) is 0 Å². The van der Waals surface area contributed by atoms with Crippen LogP contribution in [0.5, 0.6) is 0 Å². The van der Waals surface area contributed by atoms with Gasteiger partial charge in [-0.25, -0.2) is 0 Å². The van der Waals surface area contributed by atoms with Crippen LogP contribution in [0.3, 0.4) is 0 Å². The van der Waals surface area contributed by atoms with Crippen molar-refractivity contribution in [1.82, 2.24) is 0 Å². The highest BCUT2D eigenvalue weighted by atomic mass is 14.5. The molecule has 1 aromatic carbocycles. The molecule has 2 rings (SSSR count). The molecule has 0 atom stereocenters. The lowest BCUT2D eigenvalue weighted by Gasteiger charge is -2.19. The molecule has 0 heteroatoms. The average Bonchev–Trinajstić information content (AvgIpc) is 3.11. The minimum absolute atomic E-state index is 0.316. The van der Waals surface area contributed by atoms with E-state index in [1.165, 1.54) is 36.0 Å². The number of hydrogen-bond acceptors (Lipinski definition) is 0. The van der Waals surface area contributed by atoms with Gasteiger partial charge in [-0.1, -0.05) is 48.1 Å². The highest BCUT2D eigenvalue weighted by Gasteiger charge is 2.45. The largest absolute Gasteiger partial charge is 0.100 e. The maximum atomic E-state index is 4.33. The van der Waals surface area contributed by atoms with Crippen LogP contribution >= 0.6 is 0 Å². The highest BCUT2D eigenvalue weighted by Crippen LogP contribution is 2.54. The molecular weight excluding hydrogens is 204 g/mol. The molecule has 90 valence electrons. The summed E-state index contributed by atoms with van der Waals surface area (Å²) < 4.78 is 0. The third kappa shape index (κ3) is 2.69. The summed E-state index contributed by atoms with van der Waals surface area (Å²) in [6, 6.07) is 10.9. The second kappa shape index (κ2) is 4.91. The summed E-state index contributed by atoms with van der Waals surface area (Å²) >= 11 is 0. The number of hydrogen-bond donors (Lipinski definition) is 0. The van der Waals surface area contributed by atoms with Crippen molar-refractivity contribution < 1.29 is 0 Å². The molecule has 17 heavy (non-hydrogen) atoms. The summed E-state index contributed by atoms with van der Waals surface area (Å²) in [4.78, 5) is 0. The van der Waals surface area contributed by atoms with E-state index in [1.807, 2.05) is 0 Å². The summed E-state index contributed by atoms with van der Waals surface area (Å²) in [5, 5.41) is 0. The van der Waals surface area contributed by atoms with Crippen LogP contribution in [0, 0.1) is 0 Å². The molecule has 0 bridgehead atoms. The lowest BCUT2D eigenvalue weighted by Crippen LogP contribution is -2.09. The van der Waals surface area contributed by atoms with Crippen LogP contribution in [-0.4, -0.2) is 0 Å². The van der Waals surface area contributed by atoms with E-state index in [1.54, 1.807) is 0 Å². The summed E-state index contributed by atoms with van der Waals surface area (Å²) in [5.41, 5.74) is 4.48. The summed E-state index contributed by atoms with van der Waals surface area (Å²) in [6.45, 7) is 10.4. The van der Waals surface area contributed by atoms with Gasteiger partial charge in [-0.15, -0.1) is 6.58 Å². The molecule has 0 saturated heterocycles. The Hall–Kier alpha value is -1.30. The Balaban J connectivity index is 1.97. The highest BCUT2D eigenvalue weighted by molar-refractivity contribution is 5.41. The van der Waals surface area contributed by atoms with Crippen LogP contribution in [-0.2, 0) is 5.41 Å². The van der Waals surface area contributed by atoms with E-state index in [0.717, 1.165) is 12.8 Å². The van der Waals surface area contributed by atoms with Gasteiger partial charge in [0.15, 0.2) is 0 Å². The van der Waals surface area contributed by atoms with Crippen molar-refractivity contribution in [1.29, 1.82) is 0 Å². The molecule has 0 aromatic heterocycles. The van der Waals surface area contributed by atoms with Crippen molar-refractivity contribution in [3.8, 4) is 0 Å². The predicted molar refractivity (Wildman–Crippen MR) is 75.2 cm³/mol. The Labute approximate surface area is 105 Å². The monoisotopic (exact) mass is 226 g/mol. The summed E-state index contributed by atoms with van der Waals surface area (Å²) in [7, 11) is 0. The minimum atomic E-state index is 0.316. The molecule has 0 radical (unpaired) electrons. The van der Waals surface area contributed by atoms with Crippen LogP contribution in [0.15, 0.2) is 54.6 Å². The van der Waals surface area contributed by atoms with Crippen molar-refractivity contribution in [3.63, 3.8) is 0 Å². The molecule has 0 N–H and O–H groups in total. The number of allylic oxidation sites excluding steroid dienone is 2. The van der Waals surface area contributed by atoms with Gasteiger partial charge in [0, 0.05) is 5.41 Å². The molecule has 0 aliphatic heterocycles. The van der Waals surface area contributed by atoms with Crippen LogP contribution in [0.4, 0.5) is 0 Å². The van der Waals surface area contributed by atoms with Crippen molar-refractivity contribution in [2.24, 2.45) is 0 Å². The topological polar surface area (TPSA) is 0 Å². The molecule has 0 amide bonds. The molecule has 0 spiro atoms. The smallest absolute Gasteiger partial charge is 0.0160 e. The van der Waals surface area contributed by atoms with Gasteiger partial charge >= 0.3 is 0 Å². The van der Waals surface area contributed by atoms with Gasteiger partial charge in [-0.05, 0) is 44.6 Å². The van der Waals surface area contributed by atoms with Gasteiger partial charge in [0.2, 0.25) is 0 Å². The van der Waals surface area contributed by atoms with E-state index in [0.29, 0.717) is 5.41 Å². The lowest BCUT2D eigenvalue weighted by molar-refractivity contribution is 0.709. The van der Waals surface area contributed by atoms with E-state index in [4.69, 9.17) is 0 Å². The van der Waals surface area contributed by atoms with Crippen molar-refractivity contribution >= 4 is 0 Å². The van der Waals surface area contributed by atoms with Gasteiger partial charge in [-0.2, -0.15) is 0 Å². The van der Waals surface area contributed by atoms with Crippen LogP contribution in [0.2, 0.25) is 0 Å². The lowest BCUT2D eigenvalue weighted by atomic mass is 9.86. The van der Waals surface area contributed by atoms with Gasteiger partial charge in [0.1, 0.15) is 0 Å². The van der Waals surface area contributed by atoms with Gasteiger partial charge < -0.3 is 0 Å². The summed E-state index contributed by atoms with van der Waals surface area (Å²) in [6.07, 6.45) is 6.03. The molecule has 1 fully saturated rings. The number of benzene rings is 1. The molecule has 0 unspecified atom stereocenters. The van der Waals surface area contributed by atoms with Crippen LogP contribution < -0.4 is 0 Å². The first-order chi connectivity index (χ1) is 8.15. The second-order valence-electron chi connectivity index (χ2n) is 5.36. The van der Waals surface area contributed by atoms with Gasteiger partial charge in [0.05, 0.1) is 0 Å². The second-order valence-corrected chi connectivity index (χ2v) is 5.36. The Bertz CT molecular complexity index is 407. The zero-order valence-electron chi connectivity index (χ0n) is 10.8. The molecule has 0 heterocycles. The first-order valence-electron chi connectivity index (χ1n) is 6.53. The summed E-state index contributed by atoms with van der Waals surface area (Å²) in [5.74, 6) is 0. The van der Waals surface area contributed by atoms with E-state index < -0.39 is 0 Å². The molecular formula is C17H22. The minimum Gasteiger partial charge on any atom is -0.100 e. The maximum Gasteiger partial charge on any atom is 0.0160 e. The van der Waals surface area contributed by atoms with Crippen LogP contribution in [0.25, 0.3) is 0 Å². The van der Waals surface area contributed by atoms with E-state index in [9.17, 15) is 0 Å². The van der Waals surface area contributed by atoms with Crippen molar-refractivity contribution in [3.05, 3.63) is 60.2 Å². The Kier molecular flexibility index (Phi) is 3.51.